The number of hydrogen-bond acceptors (Lipinski definition) is 2. The normalized spacial score (nSPS) is 20.5. The molecule has 0 saturated heterocycles. The van der Waals surface area contributed by atoms with Crippen LogP contribution in [-0.2, 0) is 0 Å². The van der Waals surface area contributed by atoms with Crippen LogP contribution in [0.25, 0.3) is 0 Å². The van der Waals surface area contributed by atoms with E-state index in [-0.39, 0.29) is 5.91 Å². The molecule has 0 fully saturated rings. The number of carbonyl (C=O) groups excluding carboxylic acids is 1. The zero-order valence-electron chi connectivity index (χ0n) is 6.04. The van der Waals surface area contributed by atoms with E-state index in [9.17, 15) is 9.90 Å². The van der Waals surface area contributed by atoms with Gasteiger partial charge in [0.05, 0.1) is 0 Å². The molecule has 2 rings (SSSR count). The molecular formula is C8H6INO2. The summed E-state index contributed by atoms with van der Waals surface area (Å²) in [6, 6.07) is 5.38. The second-order valence-corrected chi connectivity index (χ2v) is 3.74. The fraction of sp³-hybridized carbons (Fsp3) is 0.125. The minimum absolute atomic E-state index is 0.198. The van der Waals surface area contributed by atoms with Gasteiger partial charge in [0.2, 0.25) is 0 Å². The van der Waals surface area contributed by atoms with Crippen molar-refractivity contribution in [1.82, 2.24) is 5.32 Å². The third kappa shape index (κ3) is 1.02. The topological polar surface area (TPSA) is 49.3 Å². The lowest BCUT2D eigenvalue weighted by Crippen LogP contribution is -2.18. The largest absolute Gasteiger partial charge is 0.369 e. The molecule has 0 saturated carbocycles. The molecule has 2 N–H and O–H groups in total. The van der Waals surface area contributed by atoms with Gasteiger partial charge >= 0.3 is 0 Å². The molecule has 4 heteroatoms. The Balaban J connectivity index is 2.67. The third-order valence-corrected chi connectivity index (χ3v) is 2.78. The van der Waals surface area contributed by atoms with Gasteiger partial charge in [0.1, 0.15) is 0 Å². The van der Waals surface area contributed by atoms with Crippen LogP contribution in [0.4, 0.5) is 0 Å². The number of hydrogen-bond donors (Lipinski definition) is 2. The van der Waals surface area contributed by atoms with Crippen molar-refractivity contribution in [3.05, 3.63) is 32.9 Å². The molecule has 1 aromatic carbocycles. The van der Waals surface area contributed by atoms with Gasteiger partial charge in [-0.05, 0) is 34.7 Å². The molecule has 1 aliphatic rings. The average Bonchev–Trinajstić information content (AvgIpc) is 2.29. The van der Waals surface area contributed by atoms with Crippen LogP contribution in [0.5, 0.6) is 0 Å². The molecule has 0 aromatic heterocycles. The summed E-state index contributed by atoms with van der Waals surface area (Å²) in [5.41, 5.74) is 1.28. The summed E-state index contributed by atoms with van der Waals surface area (Å²) in [5, 5.41) is 11.8. The van der Waals surface area contributed by atoms with Crippen molar-refractivity contribution in [1.29, 1.82) is 0 Å². The molecule has 1 atom stereocenters. The molecule has 1 heterocycles. The predicted octanol–water partition coefficient (Wildman–Crippen LogP) is 1.03. The first kappa shape index (κ1) is 8.00. The highest BCUT2D eigenvalue weighted by Crippen LogP contribution is 2.27. The van der Waals surface area contributed by atoms with Crippen LogP contribution in [0.15, 0.2) is 18.2 Å². The molecule has 0 radical (unpaired) electrons. The summed E-state index contributed by atoms with van der Waals surface area (Å²) in [7, 11) is 0. The molecule has 1 aliphatic heterocycles. The second kappa shape index (κ2) is 2.70. The Morgan fingerprint density at radius 2 is 2.25 bits per heavy atom. The van der Waals surface area contributed by atoms with Crippen molar-refractivity contribution in [3.8, 4) is 0 Å². The van der Waals surface area contributed by atoms with E-state index in [2.05, 4.69) is 27.9 Å². The minimum atomic E-state index is -0.833. The summed E-state index contributed by atoms with van der Waals surface area (Å²) >= 11 is 2.10. The van der Waals surface area contributed by atoms with Gasteiger partial charge in [-0.1, -0.05) is 6.07 Å². The molecule has 0 aliphatic carbocycles. The molecule has 0 bridgehead atoms. The van der Waals surface area contributed by atoms with E-state index in [1.165, 1.54) is 0 Å². The Morgan fingerprint density at radius 1 is 1.50 bits per heavy atom. The third-order valence-electron chi connectivity index (χ3n) is 1.84. The van der Waals surface area contributed by atoms with Crippen molar-refractivity contribution in [2.75, 3.05) is 0 Å². The van der Waals surface area contributed by atoms with E-state index in [4.69, 9.17) is 0 Å². The van der Waals surface area contributed by atoms with Gasteiger partial charge in [0.25, 0.3) is 5.91 Å². The molecule has 3 nitrogen and oxygen atoms in total. The van der Waals surface area contributed by atoms with Crippen LogP contribution in [0.2, 0.25) is 0 Å². The number of nitrogens with one attached hydrogen (secondary N) is 1. The number of carbonyl (C=O) groups is 1. The SMILES string of the molecule is O=C1NC(O)c2c(I)cccc21. The average molecular weight is 275 g/mol. The molecule has 62 valence electrons. The van der Waals surface area contributed by atoms with E-state index in [0.29, 0.717) is 11.1 Å². The van der Waals surface area contributed by atoms with Gasteiger partial charge in [-0.3, -0.25) is 4.79 Å². The van der Waals surface area contributed by atoms with Gasteiger partial charge in [-0.2, -0.15) is 0 Å². The fourth-order valence-electron chi connectivity index (χ4n) is 1.29. The summed E-state index contributed by atoms with van der Waals surface area (Å²) < 4.78 is 0.913. The number of fused-ring (bicyclic) bond motifs is 1. The summed E-state index contributed by atoms with van der Waals surface area (Å²) in [5.74, 6) is -0.198. The van der Waals surface area contributed by atoms with Gasteiger partial charge < -0.3 is 10.4 Å². The van der Waals surface area contributed by atoms with Crippen molar-refractivity contribution >= 4 is 28.5 Å². The van der Waals surface area contributed by atoms with E-state index in [1.807, 2.05) is 6.07 Å². The van der Waals surface area contributed by atoms with Crippen LogP contribution in [-0.4, -0.2) is 11.0 Å². The van der Waals surface area contributed by atoms with Gasteiger partial charge in [-0.15, -0.1) is 0 Å². The molecule has 1 unspecified atom stereocenters. The lowest BCUT2D eigenvalue weighted by Gasteiger charge is -2.03. The highest BCUT2D eigenvalue weighted by Gasteiger charge is 2.28. The van der Waals surface area contributed by atoms with Crippen LogP contribution < -0.4 is 5.32 Å². The Bertz CT molecular complexity index is 351. The first-order chi connectivity index (χ1) is 5.70. The molecule has 12 heavy (non-hydrogen) atoms. The van der Waals surface area contributed by atoms with E-state index < -0.39 is 6.23 Å². The summed E-state index contributed by atoms with van der Waals surface area (Å²) in [6.45, 7) is 0. The zero-order valence-corrected chi connectivity index (χ0v) is 8.20. The van der Waals surface area contributed by atoms with Gasteiger partial charge in [0, 0.05) is 14.7 Å². The molecule has 1 amide bonds. The Morgan fingerprint density at radius 3 is 2.92 bits per heavy atom. The number of rotatable bonds is 0. The van der Waals surface area contributed by atoms with Crippen LogP contribution in [0, 0.1) is 3.57 Å². The van der Waals surface area contributed by atoms with E-state index in [1.54, 1.807) is 12.1 Å². The Hall–Kier alpha value is -0.620. The standard InChI is InChI=1S/C8H6INO2/c9-5-3-1-2-4-6(5)8(12)10-7(4)11/h1-3,8,12H,(H,10,11). The second-order valence-electron chi connectivity index (χ2n) is 2.58. The summed E-state index contributed by atoms with van der Waals surface area (Å²) in [6.07, 6.45) is -0.833. The van der Waals surface area contributed by atoms with Crippen LogP contribution >= 0.6 is 22.6 Å². The Labute approximate surface area is 82.9 Å². The fourth-order valence-corrected chi connectivity index (χ4v) is 2.08. The maximum Gasteiger partial charge on any atom is 0.254 e. The van der Waals surface area contributed by atoms with Gasteiger partial charge in [0.15, 0.2) is 6.23 Å². The number of amides is 1. The molecule has 0 spiro atoms. The van der Waals surface area contributed by atoms with Crippen LogP contribution in [0.3, 0.4) is 0 Å². The number of halogens is 1. The first-order valence-electron chi connectivity index (χ1n) is 3.47. The van der Waals surface area contributed by atoms with Crippen molar-refractivity contribution in [2.45, 2.75) is 6.23 Å². The van der Waals surface area contributed by atoms with E-state index >= 15 is 0 Å². The molecule has 1 aromatic rings. The summed E-state index contributed by atoms with van der Waals surface area (Å²) in [4.78, 5) is 11.2. The van der Waals surface area contributed by atoms with Gasteiger partial charge in [-0.25, -0.2) is 0 Å². The van der Waals surface area contributed by atoms with E-state index in [0.717, 1.165) is 3.57 Å². The maximum absolute atomic E-state index is 11.2. The number of aliphatic hydroxyl groups is 1. The monoisotopic (exact) mass is 275 g/mol. The lowest BCUT2D eigenvalue weighted by molar-refractivity contribution is 0.0850. The van der Waals surface area contributed by atoms with Crippen molar-refractivity contribution in [3.63, 3.8) is 0 Å². The maximum atomic E-state index is 11.2. The van der Waals surface area contributed by atoms with Crippen molar-refractivity contribution < 1.29 is 9.90 Å². The minimum Gasteiger partial charge on any atom is -0.369 e. The highest BCUT2D eigenvalue weighted by atomic mass is 127. The highest BCUT2D eigenvalue weighted by molar-refractivity contribution is 14.1. The smallest absolute Gasteiger partial charge is 0.254 e. The zero-order chi connectivity index (χ0) is 8.72. The first-order valence-corrected chi connectivity index (χ1v) is 4.55. The lowest BCUT2D eigenvalue weighted by atomic mass is 10.1. The Kier molecular flexibility index (Phi) is 1.80. The van der Waals surface area contributed by atoms with Crippen molar-refractivity contribution in [2.24, 2.45) is 0 Å². The quantitative estimate of drug-likeness (QED) is 0.695. The predicted molar refractivity (Wildman–Crippen MR) is 51.6 cm³/mol. The number of aliphatic hydroxyl groups excluding tert-OH is 1. The molecular weight excluding hydrogens is 269 g/mol. The van der Waals surface area contributed by atoms with Crippen LogP contribution in [0.1, 0.15) is 22.1 Å². The number of benzene rings is 1.